The molecule has 0 radical (unpaired) electrons. The number of hydrogen-bond acceptors (Lipinski definition) is 2. The summed E-state index contributed by atoms with van der Waals surface area (Å²) in [5, 5.41) is 9.75. The smallest absolute Gasteiger partial charge is 0.255 e. The fourth-order valence-corrected chi connectivity index (χ4v) is 3.56. The molecule has 2 aromatic rings. The second-order valence-corrected chi connectivity index (χ2v) is 6.90. The average Bonchev–Trinajstić information content (AvgIpc) is 3.16. The molecule has 0 aliphatic carbocycles. The van der Waals surface area contributed by atoms with Gasteiger partial charge in [-0.1, -0.05) is 30.3 Å². The van der Waals surface area contributed by atoms with E-state index in [9.17, 15) is 9.90 Å². The van der Waals surface area contributed by atoms with Crippen molar-refractivity contribution >= 4 is 5.91 Å². The van der Waals surface area contributed by atoms with Crippen LogP contribution in [0.5, 0.6) is 0 Å². The Hall–Kier alpha value is -2.07. The zero-order chi connectivity index (χ0) is 17.3. The van der Waals surface area contributed by atoms with Gasteiger partial charge in [-0.25, -0.2) is 0 Å². The fourth-order valence-electron chi connectivity index (χ4n) is 3.56. The lowest BCUT2D eigenvalue weighted by Gasteiger charge is -2.18. The van der Waals surface area contributed by atoms with E-state index < -0.39 is 0 Å². The van der Waals surface area contributed by atoms with Gasteiger partial charge in [-0.3, -0.25) is 4.79 Å². The Morgan fingerprint density at radius 1 is 1.29 bits per heavy atom. The molecule has 128 valence electrons. The predicted octanol–water partition coefficient (Wildman–Crippen LogP) is 3.00. The Bertz CT molecular complexity index is 719. The molecule has 0 bridgehead atoms. The molecule has 1 aliphatic heterocycles. The number of aliphatic hydroxyl groups is 1. The van der Waals surface area contributed by atoms with Crippen LogP contribution in [0.25, 0.3) is 0 Å². The molecule has 4 heteroatoms. The number of carbonyl (C=O) groups excluding carboxylic acids is 1. The number of nitrogens with zero attached hydrogens (tertiary/aromatic N) is 2. The minimum Gasteiger partial charge on any atom is -0.393 e. The molecule has 2 atom stereocenters. The summed E-state index contributed by atoms with van der Waals surface area (Å²) in [5.41, 5.74) is 4.14. The van der Waals surface area contributed by atoms with Crippen LogP contribution in [0.1, 0.15) is 40.7 Å². The largest absolute Gasteiger partial charge is 0.393 e. The van der Waals surface area contributed by atoms with Crippen LogP contribution in [0.2, 0.25) is 0 Å². The van der Waals surface area contributed by atoms with Crippen LogP contribution in [0, 0.1) is 19.8 Å². The van der Waals surface area contributed by atoms with E-state index in [4.69, 9.17) is 0 Å². The second kappa shape index (κ2) is 6.81. The third-order valence-corrected chi connectivity index (χ3v) is 5.18. The highest BCUT2D eigenvalue weighted by molar-refractivity contribution is 5.96. The highest BCUT2D eigenvalue weighted by Gasteiger charge is 2.31. The number of hydrogen-bond donors (Lipinski definition) is 1. The van der Waals surface area contributed by atoms with Crippen LogP contribution in [0.3, 0.4) is 0 Å². The van der Waals surface area contributed by atoms with Gasteiger partial charge in [-0.2, -0.15) is 0 Å². The van der Waals surface area contributed by atoms with E-state index in [2.05, 4.69) is 23.6 Å². The lowest BCUT2D eigenvalue weighted by molar-refractivity contribution is 0.0761. The van der Waals surface area contributed by atoms with Crippen LogP contribution < -0.4 is 0 Å². The van der Waals surface area contributed by atoms with Crippen molar-refractivity contribution in [1.82, 2.24) is 9.47 Å². The molecular weight excluding hydrogens is 300 g/mol. The van der Waals surface area contributed by atoms with Gasteiger partial charge in [-0.15, -0.1) is 0 Å². The van der Waals surface area contributed by atoms with Gasteiger partial charge in [0, 0.05) is 36.9 Å². The number of aryl methyl sites for hydroxylation is 1. The summed E-state index contributed by atoms with van der Waals surface area (Å²) in [6, 6.07) is 12.3. The molecule has 0 saturated carbocycles. The highest BCUT2D eigenvalue weighted by atomic mass is 16.3. The molecule has 1 fully saturated rings. The zero-order valence-electron chi connectivity index (χ0n) is 14.7. The summed E-state index contributed by atoms with van der Waals surface area (Å²) >= 11 is 0. The number of likely N-dealkylation sites (tertiary alicyclic amines) is 1. The van der Waals surface area contributed by atoms with Gasteiger partial charge in [0.2, 0.25) is 0 Å². The first-order valence-electron chi connectivity index (χ1n) is 8.65. The fraction of sp³-hybridized carbons (Fsp3) is 0.450. The summed E-state index contributed by atoms with van der Waals surface area (Å²) in [6.45, 7) is 8.04. The van der Waals surface area contributed by atoms with Gasteiger partial charge in [0.1, 0.15) is 0 Å². The van der Waals surface area contributed by atoms with Crippen LogP contribution in [0.15, 0.2) is 36.4 Å². The average molecular weight is 326 g/mol. The third-order valence-electron chi connectivity index (χ3n) is 5.18. The maximum atomic E-state index is 12.9. The monoisotopic (exact) mass is 326 g/mol. The van der Waals surface area contributed by atoms with Crippen molar-refractivity contribution in [2.75, 3.05) is 13.1 Å². The minimum atomic E-state index is -0.353. The Morgan fingerprint density at radius 2 is 2.00 bits per heavy atom. The van der Waals surface area contributed by atoms with E-state index in [1.165, 1.54) is 5.56 Å². The van der Waals surface area contributed by atoms with E-state index >= 15 is 0 Å². The Morgan fingerprint density at radius 3 is 2.62 bits per heavy atom. The lowest BCUT2D eigenvalue weighted by atomic mass is 10.0. The Balaban J connectivity index is 1.80. The predicted molar refractivity (Wildman–Crippen MR) is 95.1 cm³/mol. The van der Waals surface area contributed by atoms with Crippen LogP contribution >= 0.6 is 0 Å². The first kappa shape index (κ1) is 16.8. The molecule has 1 aromatic heterocycles. The van der Waals surface area contributed by atoms with Crippen LogP contribution in [0.4, 0.5) is 0 Å². The van der Waals surface area contributed by atoms with Crippen LogP contribution in [-0.2, 0) is 6.54 Å². The molecule has 1 aromatic carbocycles. The standard InChI is InChI=1S/C20H26N2O2/c1-14-11-19(20(24)21-10-9-18(13-21)16(3)23)15(2)22(14)12-17-7-5-4-6-8-17/h4-8,11,16,18,23H,9-10,12-13H2,1-3H3. The number of aliphatic hydroxyl groups excluding tert-OH is 1. The van der Waals surface area contributed by atoms with Crippen molar-refractivity contribution in [3.05, 3.63) is 58.9 Å². The molecule has 24 heavy (non-hydrogen) atoms. The summed E-state index contributed by atoms with van der Waals surface area (Å²) in [5.74, 6) is 0.285. The lowest BCUT2D eigenvalue weighted by Crippen LogP contribution is -2.30. The van der Waals surface area contributed by atoms with Crippen molar-refractivity contribution in [3.8, 4) is 0 Å². The maximum Gasteiger partial charge on any atom is 0.255 e. The molecule has 1 saturated heterocycles. The van der Waals surface area contributed by atoms with Gasteiger partial charge < -0.3 is 14.6 Å². The van der Waals surface area contributed by atoms with Gasteiger partial charge in [0.25, 0.3) is 5.91 Å². The van der Waals surface area contributed by atoms with Crippen LogP contribution in [-0.4, -0.2) is 39.7 Å². The number of rotatable bonds is 4. The third kappa shape index (κ3) is 3.24. The first-order chi connectivity index (χ1) is 11.5. The van der Waals surface area contributed by atoms with Crippen molar-refractivity contribution in [2.24, 2.45) is 5.92 Å². The molecular formula is C20H26N2O2. The number of amides is 1. The van der Waals surface area contributed by atoms with E-state index in [-0.39, 0.29) is 17.9 Å². The summed E-state index contributed by atoms with van der Waals surface area (Å²) < 4.78 is 2.20. The summed E-state index contributed by atoms with van der Waals surface area (Å²) in [4.78, 5) is 14.8. The molecule has 0 spiro atoms. The van der Waals surface area contributed by atoms with Gasteiger partial charge >= 0.3 is 0 Å². The van der Waals surface area contributed by atoms with E-state index in [1.807, 2.05) is 43.0 Å². The van der Waals surface area contributed by atoms with Crippen molar-refractivity contribution in [1.29, 1.82) is 0 Å². The van der Waals surface area contributed by atoms with E-state index in [1.54, 1.807) is 0 Å². The molecule has 3 rings (SSSR count). The van der Waals surface area contributed by atoms with Crippen molar-refractivity contribution in [3.63, 3.8) is 0 Å². The summed E-state index contributed by atoms with van der Waals surface area (Å²) in [6.07, 6.45) is 0.528. The van der Waals surface area contributed by atoms with Gasteiger partial charge in [0.05, 0.1) is 11.7 Å². The number of aromatic nitrogens is 1. The Labute approximate surface area is 143 Å². The highest BCUT2D eigenvalue weighted by Crippen LogP contribution is 2.24. The van der Waals surface area contributed by atoms with E-state index in [0.717, 1.165) is 36.5 Å². The maximum absolute atomic E-state index is 12.9. The Kier molecular flexibility index (Phi) is 4.76. The first-order valence-corrected chi connectivity index (χ1v) is 8.65. The van der Waals surface area contributed by atoms with Gasteiger partial charge in [-0.05, 0) is 38.8 Å². The molecule has 1 N–H and O–H groups in total. The molecule has 1 aliphatic rings. The molecule has 2 heterocycles. The van der Waals surface area contributed by atoms with Gasteiger partial charge in [0.15, 0.2) is 0 Å². The van der Waals surface area contributed by atoms with Crippen molar-refractivity contribution < 1.29 is 9.90 Å². The zero-order valence-corrected chi connectivity index (χ0v) is 14.7. The topological polar surface area (TPSA) is 45.5 Å². The normalized spacial score (nSPS) is 18.8. The molecule has 1 amide bonds. The number of carbonyl (C=O) groups is 1. The SMILES string of the molecule is Cc1cc(C(=O)N2CCC(C(C)O)C2)c(C)n1Cc1ccccc1. The molecule has 4 nitrogen and oxygen atoms in total. The minimum absolute atomic E-state index is 0.0885. The number of benzene rings is 1. The second-order valence-electron chi connectivity index (χ2n) is 6.90. The van der Waals surface area contributed by atoms with E-state index in [0.29, 0.717) is 6.54 Å². The quantitative estimate of drug-likeness (QED) is 0.939. The summed E-state index contributed by atoms with van der Waals surface area (Å²) in [7, 11) is 0. The molecule has 2 unspecified atom stereocenters. The van der Waals surface area contributed by atoms with Crippen molar-refractivity contribution in [2.45, 2.75) is 39.8 Å².